The second-order valence-corrected chi connectivity index (χ2v) is 11.3. The van der Waals surface area contributed by atoms with E-state index in [9.17, 15) is 9.18 Å². The molecular formula is C27H33ClFN9O2. The van der Waals surface area contributed by atoms with Crippen molar-refractivity contribution in [1.29, 1.82) is 0 Å². The van der Waals surface area contributed by atoms with Gasteiger partial charge in [0, 0.05) is 63.0 Å². The van der Waals surface area contributed by atoms with E-state index in [1.165, 1.54) is 19.3 Å². The molecular weight excluding hydrogens is 537 g/mol. The molecule has 1 aliphatic rings. The van der Waals surface area contributed by atoms with Crippen molar-refractivity contribution in [3.63, 3.8) is 0 Å². The van der Waals surface area contributed by atoms with E-state index < -0.39 is 0 Å². The molecule has 1 saturated heterocycles. The number of imidazole rings is 1. The smallest absolute Gasteiger partial charge is 0.222 e. The van der Waals surface area contributed by atoms with Crippen molar-refractivity contribution in [3.8, 4) is 11.5 Å². The number of alkyl halides is 1. The van der Waals surface area contributed by atoms with Crippen molar-refractivity contribution in [3.05, 3.63) is 41.3 Å². The van der Waals surface area contributed by atoms with Gasteiger partial charge < -0.3 is 19.9 Å². The molecule has 2 N–H and O–H groups in total. The van der Waals surface area contributed by atoms with Crippen LogP contribution in [0.5, 0.6) is 11.5 Å². The first kappa shape index (κ1) is 27.8. The van der Waals surface area contributed by atoms with Crippen LogP contribution < -0.4 is 15.4 Å². The summed E-state index contributed by atoms with van der Waals surface area (Å²) in [5.41, 5.74) is 1.98. The molecule has 1 fully saturated rings. The molecule has 0 aromatic carbocycles. The van der Waals surface area contributed by atoms with Crippen LogP contribution in [0.2, 0.25) is 5.02 Å². The van der Waals surface area contributed by atoms with Gasteiger partial charge in [-0.1, -0.05) is 32.4 Å². The fourth-order valence-corrected chi connectivity index (χ4v) is 5.19. The summed E-state index contributed by atoms with van der Waals surface area (Å²) >= 11 is 6.76. The van der Waals surface area contributed by atoms with Gasteiger partial charge in [0.25, 0.3) is 0 Å². The lowest BCUT2D eigenvalue weighted by Gasteiger charge is -2.23. The highest BCUT2D eigenvalue weighted by Gasteiger charge is 2.30. The number of anilines is 3. The van der Waals surface area contributed by atoms with Crippen LogP contribution in [0.25, 0.3) is 11.2 Å². The summed E-state index contributed by atoms with van der Waals surface area (Å²) in [5.74, 6) is 2.09. The summed E-state index contributed by atoms with van der Waals surface area (Å²) in [6, 6.07) is 5.47. The molecule has 0 aliphatic carbocycles. The van der Waals surface area contributed by atoms with Crippen molar-refractivity contribution < 1.29 is 13.9 Å². The van der Waals surface area contributed by atoms with Gasteiger partial charge in [-0.3, -0.25) is 14.4 Å². The van der Waals surface area contributed by atoms with Gasteiger partial charge in [-0.05, 0) is 12.5 Å². The number of ether oxygens (including phenoxy) is 1. The monoisotopic (exact) mass is 569 g/mol. The molecule has 1 atom stereocenters. The first-order valence-corrected chi connectivity index (χ1v) is 13.5. The van der Waals surface area contributed by atoms with E-state index in [2.05, 4.69) is 55.9 Å². The molecule has 0 radical (unpaired) electrons. The van der Waals surface area contributed by atoms with Gasteiger partial charge in [0.1, 0.15) is 28.8 Å². The van der Waals surface area contributed by atoms with Crippen molar-refractivity contribution in [2.24, 2.45) is 7.05 Å². The molecule has 0 unspecified atom stereocenters. The first-order valence-electron chi connectivity index (χ1n) is 13.1. The van der Waals surface area contributed by atoms with Crippen LogP contribution in [0.4, 0.5) is 22.0 Å². The average Bonchev–Trinajstić information content (AvgIpc) is 3.59. The first-order chi connectivity index (χ1) is 19.0. The Morgan fingerprint density at radius 2 is 2.05 bits per heavy atom. The van der Waals surface area contributed by atoms with Gasteiger partial charge >= 0.3 is 0 Å². The largest absolute Gasteiger partial charge is 0.454 e. The van der Waals surface area contributed by atoms with E-state index in [-0.39, 0.29) is 24.0 Å². The second kappa shape index (κ2) is 11.0. The number of nitrogens with one attached hydrogen (secondary N) is 2. The Labute approximate surface area is 236 Å². The second-order valence-electron chi connectivity index (χ2n) is 10.9. The van der Waals surface area contributed by atoms with E-state index in [0.29, 0.717) is 51.8 Å². The van der Waals surface area contributed by atoms with Gasteiger partial charge in [0.15, 0.2) is 17.2 Å². The summed E-state index contributed by atoms with van der Waals surface area (Å²) < 4.78 is 22.8. The van der Waals surface area contributed by atoms with Crippen LogP contribution in [0.3, 0.4) is 0 Å². The molecule has 4 aromatic rings. The number of nitrogens with zero attached hydrogens (tertiary/aromatic N) is 7. The minimum atomic E-state index is -0.346. The Bertz CT molecular complexity index is 1550. The summed E-state index contributed by atoms with van der Waals surface area (Å²) in [5, 5.41) is 11.2. The third-order valence-corrected chi connectivity index (χ3v) is 7.17. The Morgan fingerprint density at radius 3 is 2.77 bits per heavy atom. The Balaban J connectivity index is 1.42. The molecule has 5 heterocycles. The number of hydrogen-bond acceptors (Lipinski definition) is 8. The van der Waals surface area contributed by atoms with E-state index in [1.807, 2.05) is 13.1 Å². The van der Waals surface area contributed by atoms with Crippen molar-refractivity contribution in [2.45, 2.75) is 45.6 Å². The zero-order valence-corrected chi connectivity index (χ0v) is 24.0. The van der Waals surface area contributed by atoms with Crippen LogP contribution in [-0.2, 0) is 17.3 Å². The third-order valence-electron chi connectivity index (χ3n) is 6.81. The highest BCUT2D eigenvalue weighted by Crippen LogP contribution is 2.37. The van der Waals surface area contributed by atoms with Crippen molar-refractivity contribution >= 4 is 46.3 Å². The predicted octanol–water partition coefficient (Wildman–Crippen LogP) is 5.22. The number of aromatic nitrogens is 6. The number of likely N-dealkylation sites (tertiary alicyclic amines) is 1. The molecule has 1 aliphatic heterocycles. The number of hydrogen-bond donors (Lipinski definition) is 2. The number of carbonyl (C=O) groups is 1. The summed E-state index contributed by atoms with van der Waals surface area (Å²) in [7, 11) is 1.84. The summed E-state index contributed by atoms with van der Waals surface area (Å²) in [4.78, 5) is 26.7. The molecule has 40 heavy (non-hydrogen) atoms. The number of fused-ring (bicyclic) bond motifs is 1. The number of aryl methyl sites for hydroxylation is 1. The molecule has 1 amide bonds. The lowest BCUT2D eigenvalue weighted by atomic mass is 9.91. The number of halogens is 2. The molecule has 0 bridgehead atoms. The Hall–Kier alpha value is -3.77. The minimum absolute atomic E-state index is 0.142. The maximum absolute atomic E-state index is 12.9. The zero-order valence-electron chi connectivity index (χ0n) is 23.2. The maximum Gasteiger partial charge on any atom is 0.222 e. The highest BCUT2D eigenvalue weighted by atomic mass is 35.5. The quantitative estimate of drug-likeness (QED) is 0.297. The fourth-order valence-electron chi connectivity index (χ4n) is 4.89. The van der Waals surface area contributed by atoms with Gasteiger partial charge in [-0.2, -0.15) is 10.1 Å². The SMILES string of the molecule is CC(=O)Nc1cc(Oc2cnc3nc(Nc4cc(C(C)(C)C)n([C@H]5CCN(CCF)C5)n4)n(C)c3c2Cl)ccn1. The number of amides is 1. The molecule has 13 heteroatoms. The minimum Gasteiger partial charge on any atom is -0.454 e. The lowest BCUT2D eigenvalue weighted by Crippen LogP contribution is -2.26. The number of carbonyl (C=O) groups excluding carboxylic acids is 1. The van der Waals surface area contributed by atoms with Crippen molar-refractivity contribution in [2.75, 3.05) is 36.9 Å². The summed E-state index contributed by atoms with van der Waals surface area (Å²) in [6.07, 6.45) is 3.96. The molecule has 5 rings (SSSR count). The maximum atomic E-state index is 12.9. The fraction of sp³-hybridized carbons (Fsp3) is 0.444. The van der Waals surface area contributed by atoms with Crippen molar-refractivity contribution in [1.82, 2.24) is 34.2 Å². The molecule has 0 spiro atoms. The van der Waals surface area contributed by atoms with Crippen LogP contribution >= 0.6 is 11.6 Å². The molecule has 4 aromatic heterocycles. The van der Waals surface area contributed by atoms with E-state index >= 15 is 0 Å². The molecule has 0 saturated carbocycles. The van der Waals surface area contributed by atoms with Crippen LogP contribution in [-0.4, -0.2) is 66.4 Å². The Morgan fingerprint density at radius 1 is 1.25 bits per heavy atom. The number of pyridine rings is 2. The standard InChI is InChI=1S/C27H33ClFN9O2/c1-16(39)32-21-12-18(6-9-30-21)40-19-14-31-25-24(23(19)28)36(5)26(34-25)33-22-13-20(27(2,3)4)38(35-22)17-7-10-37(15-17)11-8-29/h6,9,12-14,17H,7-8,10-11,15H2,1-5H3,(H,30,32,39)(H,31,33,34,35)/t17-/m0/s1. The van der Waals surface area contributed by atoms with E-state index in [1.54, 1.807) is 16.7 Å². The van der Waals surface area contributed by atoms with Crippen LogP contribution in [0, 0.1) is 0 Å². The van der Waals surface area contributed by atoms with Gasteiger partial charge in [0.2, 0.25) is 11.9 Å². The van der Waals surface area contributed by atoms with E-state index in [0.717, 1.165) is 25.2 Å². The van der Waals surface area contributed by atoms with Crippen LogP contribution in [0.1, 0.15) is 45.9 Å². The predicted molar refractivity (Wildman–Crippen MR) is 152 cm³/mol. The van der Waals surface area contributed by atoms with Crippen LogP contribution in [0.15, 0.2) is 30.6 Å². The van der Waals surface area contributed by atoms with Gasteiger partial charge in [0.05, 0.1) is 12.2 Å². The van der Waals surface area contributed by atoms with Gasteiger partial charge in [-0.15, -0.1) is 0 Å². The third kappa shape index (κ3) is 5.73. The molecule has 11 nitrogen and oxygen atoms in total. The van der Waals surface area contributed by atoms with E-state index in [4.69, 9.17) is 21.4 Å². The topological polar surface area (TPSA) is 115 Å². The summed E-state index contributed by atoms with van der Waals surface area (Å²) in [6.45, 7) is 9.60. The highest BCUT2D eigenvalue weighted by molar-refractivity contribution is 6.36. The zero-order chi connectivity index (χ0) is 28.6. The average molecular weight is 570 g/mol. The van der Waals surface area contributed by atoms with Gasteiger partial charge in [-0.25, -0.2) is 14.4 Å². The normalized spacial score (nSPS) is 16.0. The Kier molecular flexibility index (Phi) is 7.65. The lowest BCUT2D eigenvalue weighted by molar-refractivity contribution is -0.114. The number of rotatable bonds is 8. The molecule has 212 valence electrons.